The van der Waals surface area contributed by atoms with Crippen molar-refractivity contribution >= 4 is 0 Å². The average molecular weight is 154 g/mol. The summed E-state index contributed by atoms with van der Waals surface area (Å²) in [5.74, 6) is 1.01. The fourth-order valence-electron chi connectivity index (χ4n) is 2.78. The summed E-state index contributed by atoms with van der Waals surface area (Å²) >= 11 is 0. The lowest BCUT2D eigenvalue weighted by molar-refractivity contribution is 0.0417. The predicted molar refractivity (Wildman–Crippen MR) is 45.8 cm³/mol. The minimum Gasteiger partial charge on any atom is -0.316 e. The molecule has 0 aliphatic heterocycles. The lowest BCUT2D eigenvalue weighted by Crippen LogP contribution is -2.52. The van der Waals surface area contributed by atoms with Gasteiger partial charge in [-0.05, 0) is 49.9 Å². The summed E-state index contributed by atoms with van der Waals surface area (Å²) in [6.45, 7) is 0. The standard InChI is InChI=1S/C9H18N2/c10-8(11)9-4-1-7(2-5-9)3-6-9/h7-8H,1-6,10-11H2. The van der Waals surface area contributed by atoms with Crippen LogP contribution in [0.5, 0.6) is 0 Å². The lowest BCUT2D eigenvalue weighted by atomic mass is 9.59. The SMILES string of the molecule is NC(N)C12CCC(CC1)CC2. The van der Waals surface area contributed by atoms with Crippen LogP contribution in [-0.2, 0) is 0 Å². The van der Waals surface area contributed by atoms with Gasteiger partial charge in [-0.25, -0.2) is 0 Å². The Hall–Kier alpha value is -0.0800. The topological polar surface area (TPSA) is 52.0 Å². The highest BCUT2D eigenvalue weighted by Crippen LogP contribution is 2.50. The first-order chi connectivity index (χ1) is 5.23. The van der Waals surface area contributed by atoms with Gasteiger partial charge < -0.3 is 11.5 Å². The van der Waals surface area contributed by atoms with Crippen LogP contribution in [0.25, 0.3) is 0 Å². The van der Waals surface area contributed by atoms with Gasteiger partial charge in [-0.3, -0.25) is 0 Å². The molecular formula is C9H18N2. The molecule has 0 aromatic carbocycles. The van der Waals surface area contributed by atoms with Crippen molar-refractivity contribution in [2.75, 3.05) is 0 Å². The molecule has 0 aromatic heterocycles. The normalized spacial score (nSPS) is 43.4. The van der Waals surface area contributed by atoms with E-state index in [-0.39, 0.29) is 6.17 Å². The maximum Gasteiger partial charge on any atom is 0.0578 e. The summed E-state index contributed by atoms with van der Waals surface area (Å²) in [7, 11) is 0. The smallest absolute Gasteiger partial charge is 0.0578 e. The van der Waals surface area contributed by atoms with E-state index in [9.17, 15) is 0 Å². The van der Waals surface area contributed by atoms with Crippen LogP contribution in [0.2, 0.25) is 0 Å². The highest BCUT2D eigenvalue weighted by molar-refractivity contribution is 4.95. The third kappa shape index (κ3) is 1.09. The molecule has 3 aliphatic carbocycles. The van der Waals surface area contributed by atoms with Gasteiger partial charge in [0.05, 0.1) is 6.17 Å². The summed E-state index contributed by atoms with van der Waals surface area (Å²) < 4.78 is 0. The Bertz CT molecular complexity index is 132. The van der Waals surface area contributed by atoms with E-state index in [2.05, 4.69) is 0 Å². The Morgan fingerprint density at radius 2 is 1.45 bits per heavy atom. The zero-order valence-corrected chi connectivity index (χ0v) is 7.05. The molecule has 2 nitrogen and oxygen atoms in total. The minimum atomic E-state index is -0.0660. The molecule has 3 rings (SSSR count). The number of nitrogens with two attached hydrogens (primary N) is 2. The first kappa shape index (κ1) is 7.56. The molecule has 3 aliphatic rings. The summed E-state index contributed by atoms with van der Waals surface area (Å²) in [4.78, 5) is 0. The molecule has 3 fully saturated rings. The highest BCUT2D eigenvalue weighted by atomic mass is 14.9. The van der Waals surface area contributed by atoms with Gasteiger partial charge >= 0.3 is 0 Å². The number of hydrogen-bond donors (Lipinski definition) is 2. The lowest BCUT2D eigenvalue weighted by Gasteiger charge is -2.48. The average Bonchev–Trinajstić information content (AvgIpc) is 2.08. The Balaban J connectivity index is 2.12. The maximum absolute atomic E-state index is 5.82. The fourth-order valence-corrected chi connectivity index (χ4v) is 2.78. The van der Waals surface area contributed by atoms with Crippen LogP contribution in [0.15, 0.2) is 0 Å². The molecule has 4 N–H and O–H groups in total. The van der Waals surface area contributed by atoms with Gasteiger partial charge in [0.15, 0.2) is 0 Å². The number of rotatable bonds is 1. The molecule has 0 amide bonds. The summed E-state index contributed by atoms with van der Waals surface area (Å²) in [6, 6.07) is 0. The van der Waals surface area contributed by atoms with Crippen LogP contribution in [0.3, 0.4) is 0 Å². The Kier molecular flexibility index (Phi) is 1.69. The predicted octanol–water partition coefficient (Wildman–Crippen LogP) is 1.20. The molecule has 0 aromatic rings. The van der Waals surface area contributed by atoms with E-state index >= 15 is 0 Å². The maximum atomic E-state index is 5.82. The molecule has 11 heavy (non-hydrogen) atoms. The van der Waals surface area contributed by atoms with Gasteiger partial charge in [-0.2, -0.15) is 0 Å². The molecule has 0 unspecified atom stereocenters. The molecule has 0 saturated heterocycles. The number of hydrogen-bond acceptors (Lipinski definition) is 2. The van der Waals surface area contributed by atoms with Gasteiger partial charge in [-0.15, -0.1) is 0 Å². The van der Waals surface area contributed by atoms with E-state index in [0.717, 1.165) is 5.92 Å². The van der Waals surface area contributed by atoms with Crippen LogP contribution in [0, 0.1) is 11.3 Å². The zero-order chi connectivity index (χ0) is 7.90. The van der Waals surface area contributed by atoms with Crippen LogP contribution in [-0.4, -0.2) is 6.17 Å². The second-order valence-corrected chi connectivity index (χ2v) is 4.37. The first-order valence-electron chi connectivity index (χ1n) is 4.74. The zero-order valence-electron chi connectivity index (χ0n) is 7.05. The third-order valence-electron chi connectivity index (χ3n) is 3.86. The van der Waals surface area contributed by atoms with E-state index in [4.69, 9.17) is 11.5 Å². The van der Waals surface area contributed by atoms with Crippen molar-refractivity contribution in [1.82, 2.24) is 0 Å². The van der Waals surface area contributed by atoms with Crippen molar-refractivity contribution in [3.05, 3.63) is 0 Å². The summed E-state index contributed by atoms with van der Waals surface area (Å²) in [5.41, 5.74) is 12.0. The molecule has 3 saturated carbocycles. The van der Waals surface area contributed by atoms with E-state index in [1.807, 2.05) is 0 Å². The molecular weight excluding hydrogens is 136 g/mol. The summed E-state index contributed by atoms with van der Waals surface area (Å²) in [5, 5.41) is 0. The van der Waals surface area contributed by atoms with E-state index < -0.39 is 0 Å². The third-order valence-corrected chi connectivity index (χ3v) is 3.86. The van der Waals surface area contributed by atoms with Crippen LogP contribution >= 0.6 is 0 Å². The van der Waals surface area contributed by atoms with Gasteiger partial charge in [-0.1, -0.05) is 0 Å². The Labute approximate surface area is 68.3 Å². The van der Waals surface area contributed by atoms with Gasteiger partial charge in [0.2, 0.25) is 0 Å². The van der Waals surface area contributed by atoms with Crippen molar-refractivity contribution < 1.29 is 0 Å². The minimum absolute atomic E-state index is 0.0660. The molecule has 0 heterocycles. The van der Waals surface area contributed by atoms with E-state index in [1.165, 1.54) is 38.5 Å². The molecule has 2 bridgehead atoms. The van der Waals surface area contributed by atoms with Gasteiger partial charge in [0, 0.05) is 0 Å². The highest BCUT2D eigenvalue weighted by Gasteiger charge is 2.42. The molecule has 2 heteroatoms. The van der Waals surface area contributed by atoms with Crippen molar-refractivity contribution in [2.24, 2.45) is 22.8 Å². The molecule has 0 spiro atoms. The van der Waals surface area contributed by atoms with Crippen molar-refractivity contribution in [3.8, 4) is 0 Å². The monoisotopic (exact) mass is 154 g/mol. The van der Waals surface area contributed by atoms with Crippen molar-refractivity contribution in [2.45, 2.75) is 44.7 Å². The second-order valence-electron chi connectivity index (χ2n) is 4.37. The van der Waals surface area contributed by atoms with E-state index in [0.29, 0.717) is 5.41 Å². The van der Waals surface area contributed by atoms with Crippen molar-refractivity contribution in [1.29, 1.82) is 0 Å². The Morgan fingerprint density at radius 1 is 1.00 bits per heavy atom. The number of fused-ring (bicyclic) bond motifs is 3. The second kappa shape index (κ2) is 2.46. The van der Waals surface area contributed by atoms with Gasteiger partial charge in [0.25, 0.3) is 0 Å². The molecule has 0 radical (unpaired) electrons. The van der Waals surface area contributed by atoms with E-state index in [1.54, 1.807) is 0 Å². The van der Waals surface area contributed by atoms with Crippen LogP contribution in [0.4, 0.5) is 0 Å². The van der Waals surface area contributed by atoms with Crippen molar-refractivity contribution in [3.63, 3.8) is 0 Å². The summed E-state index contributed by atoms with van der Waals surface area (Å²) in [6.07, 6.45) is 7.93. The fraction of sp³-hybridized carbons (Fsp3) is 1.00. The van der Waals surface area contributed by atoms with Crippen LogP contribution < -0.4 is 11.5 Å². The largest absolute Gasteiger partial charge is 0.316 e. The van der Waals surface area contributed by atoms with Crippen LogP contribution in [0.1, 0.15) is 38.5 Å². The molecule has 64 valence electrons. The first-order valence-corrected chi connectivity index (χ1v) is 4.74. The quantitative estimate of drug-likeness (QED) is 0.558. The molecule has 0 atom stereocenters. The Morgan fingerprint density at radius 3 is 1.73 bits per heavy atom. The van der Waals surface area contributed by atoms with Gasteiger partial charge in [0.1, 0.15) is 0 Å².